The van der Waals surface area contributed by atoms with Crippen LogP contribution in [0.4, 0.5) is 13.2 Å². The number of ether oxygens (including phenoxy) is 1. The first kappa shape index (κ1) is 22.4. The largest absolute Gasteiger partial charge is 0.503 e. The molecule has 0 saturated carbocycles. The van der Waals surface area contributed by atoms with Crippen LogP contribution in [0.25, 0.3) is 15.7 Å². The van der Waals surface area contributed by atoms with Gasteiger partial charge in [-0.25, -0.2) is 4.79 Å². The van der Waals surface area contributed by atoms with Crippen molar-refractivity contribution in [2.45, 2.75) is 19.7 Å². The van der Waals surface area contributed by atoms with Crippen LogP contribution in [0.15, 0.2) is 59.3 Å². The second kappa shape index (κ2) is 9.22. The molecule has 3 aromatic rings. The van der Waals surface area contributed by atoms with Crippen molar-refractivity contribution in [3.05, 3.63) is 76.4 Å². The Kier molecular flexibility index (Phi) is 6.65. The quantitative estimate of drug-likeness (QED) is 0.210. The molecule has 9 heteroatoms. The normalized spacial score (nSPS) is 12.8. The zero-order valence-electron chi connectivity index (χ0n) is 16.6. The minimum atomic E-state index is -4.43. The Labute approximate surface area is 180 Å². The van der Waals surface area contributed by atoms with Gasteiger partial charge in [-0.3, -0.25) is 0 Å². The maximum atomic E-state index is 12.9. The Morgan fingerprint density at radius 1 is 1.23 bits per heavy atom. The second-order valence-corrected chi connectivity index (χ2v) is 7.49. The Morgan fingerprint density at radius 3 is 2.68 bits per heavy atom. The van der Waals surface area contributed by atoms with Crippen molar-refractivity contribution in [2.24, 2.45) is 5.16 Å². The maximum absolute atomic E-state index is 12.9. The van der Waals surface area contributed by atoms with Crippen LogP contribution < -0.4 is 0 Å². The average molecular weight is 449 g/mol. The summed E-state index contributed by atoms with van der Waals surface area (Å²) in [5, 5.41) is 15.8. The van der Waals surface area contributed by atoms with Crippen LogP contribution in [0.5, 0.6) is 0 Å². The molecule has 0 amide bonds. The van der Waals surface area contributed by atoms with Crippen LogP contribution in [-0.2, 0) is 27.2 Å². The molecule has 0 unspecified atom stereocenters. The molecule has 0 aliphatic rings. The number of halogens is 3. The molecule has 31 heavy (non-hydrogen) atoms. The molecule has 0 aliphatic heterocycles. The van der Waals surface area contributed by atoms with Gasteiger partial charge >= 0.3 is 12.1 Å². The van der Waals surface area contributed by atoms with Gasteiger partial charge in [0.25, 0.3) is 0 Å². The lowest BCUT2D eigenvalue weighted by Gasteiger charge is -2.08. The molecule has 1 heterocycles. The predicted molar refractivity (Wildman–Crippen MR) is 113 cm³/mol. The summed E-state index contributed by atoms with van der Waals surface area (Å²) in [7, 11) is 1.38. The number of thiophene rings is 1. The minimum Gasteiger partial charge on any atom is -0.503 e. The summed E-state index contributed by atoms with van der Waals surface area (Å²) in [6, 6.07) is 10.3. The number of hydrogen-bond acceptors (Lipinski definition) is 5. The van der Waals surface area contributed by atoms with Crippen LogP contribution in [0, 0.1) is 0 Å². The fourth-order valence-electron chi connectivity index (χ4n) is 2.90. The second-order valence-electron chi connectivity index (χ2n) is 6.58. The molecule has 1 N–H and O–H groups in total. The Balaban J connectivity index is 1.79. The molecule has 2 aromatic carbocycles. The number of oxime groups is 1. The number of aliphatic carboxylic acids is 1. The Bertz CT molecular complexity index is 1170. The first-order chi connectivity index (χ1) is 14.7. The highest BCUT2D eigenvalue weighted by Crippen LogP contribution is 2.32. The monoisotopic (exact) mass is 449 g/mol. The molecule has 162 valence electrons. The van der Waals surface area contributed by atoms with Crippen molar-refractivity contribution in [3.63, 3.8) is 0 Å². The van der Waals surface area contributed by atoms with Crippen LogP contribution in [-0.4, -0.2) is 23.9 Å². The third-order valence-electron chi connectivity index (χ3n) is 4.43. The van der Waals surface area contributed by atoms with E-state index in [-0.39, 0.29) is 12.2 Å². The summed E-state index contributed by atoms with van der Waals surface area (Å²) < 4.78 is 44.4. The molecule has 3 rings (SSSR count). The van der Waals surface area contributed by atoms with Gasteiger partial charge in [0.1, 0.15) is 12.2 Å². The maximum Gasteiger partial charge on any atom is 0.416 e. The zero-order valence-corrected chi connectivity index (χ0v) is 17.4. The van der Waals surface area contributed by atoms with E-state index >= 15 is 0 Å². The highest BCUT2D eigenvalue weighted by molar-refractivity contribution is 7.17. The van der Waals surface area contributed by atoms with Crippen molar-refractivity contribution in [1.29, 1.82) is 0 Å². The van der Waals surface area contributed by atoms with Gasteiger partial charge in [-0.05, 0) is 42.3 Å². The van der Waals surface area contributed by atoms with Crippen LogP contribution in [0.1, 0.15) is 29.2 Å². The van der Waals surface area contributed by atoms with Gasteiger partial charge < -0.3 is 14.7 Å². The van der Waals surface area contributed by atoms with E-state index in [9.17, 15) is 23.1 Å². The molecular formula is C22H18F3NO4S. The molecule has 0 fully saturated rings. The molecule has 1 aromatic heterocycles. The highest BCUT2D eigenvalue weighted by atomic mass is 32.1. The van der Waals surface area contributed by atoms with Crippen LogP contribution in [0.2, 0.25) is 0 Å². The summed E-state index contributed by atoms with van der Waals surface area (Å²) in [4.78, 5) is 16.9. The van der Waals surface area contributed by atoms with Gasteiger partial charge in [0.2, 0.25) is 0 Å². The van der Waals surface area contributed by atoms with Gasteiger partial charge in [-0.2, -0.15) is 13.2 Å². The van der Waals surface area contributed by atoms with Crippen LogP contribution >= 0.6 is 11.3 Å². The molecule has 0 bridgehead atoms. The number of rotatable bonds is 7. The molecule has 0 saturated heterocycles. The lowest BCUT2D eigenvalue weighted by atomic mass is 10.0. The topological polar surface area (TPSA) is 68.1 Å². The SMILES string of the molecule is COC=C(C(=O)O)c1csc2ccc(CON=C(C)c3cccc(C(F)(F)F)c3)cc12. The van der Waals surface area contributed by atoms with E-state index in [1.165, 1.54) is 36.8 Å². The predicted octanol–water partition coefficient (Wildman–Crippen LogP) is 5.93. The average Bonchev–Trinajstić information content (AvgIpc) is 3.14. The van der Waals surface area contributed by atoms with E-state index in [1.807, 2.05) is 12.1 Å². The lowest BCUT2D eigenvalue weighted by molar-refractivity contribution is -0.137. The van der Waals surface area contributed by atoms with Crippen molar-refractivity contribution >= 4 is 38.7 Å². The van der Waals surface area contributed by atoms with Crippen molar-refractivity contribution in [1.82, 2.24) is 0 Å². The standard InChI is InChI=1S/C22H18F3NO4S/c1-13(15-4-3-5-16(9-15)22(23,24)25)26-30-10-14-6-7-20-17(8-14)19(12-31-20)18(11-29-2)21(27)28/h3-9,11-12H,10H2,1-2H3,(H,27,28). The molecule has 0 atom stereocenters. The number of carboxylic acids is 1. The van der Waals surface area contributed by atoms with Crippen LogP contribution in [0.3, 0.4) is 0 Å². The highest BCUT2D eigenvalue weighted by Gasteiger charge is 2.30. The van der Waals surface area contributed by atoms with E-state index in [0.29, 0.717) is 16.8 Å². The van der Waals surface area contributed by atoms with Crippen molar-refractivity contribution in [2.75, 3.05) is 7.11 Å². The summed E-state index contributed by atoms with van der Waals surface area (Å²) in [5.74, 6) is -1.11. The minimum absolute atomic E-state index is 0.0326. The molecule has 5 nitrogen and oxygen atoms in total. The van der Waals surface area contributed by atoms with E-state index in [0.717, 1.165) is 27.8 Å². The molecular weight excluding hydrogens is 431 g/mol. The fraction of sp³-hybridized carbons (Fsp3) is 0.182. The number of benzene rings is 2. The third kappa shape index (κ3) is 5.24. The number of carbonyl (C=O) groups is 1. The number of nitrogens with zero attached hydrogens (tertiary/aromatic N) is 1. The molecule has 0 radical (unpaired) electrons. The smallest absolute Gasteiger partial charge is 0.416 e. The van der Waals surface area contributed by atoms with E-state index < -0.39 is 17.7 Å². The summed E-state index contributed by atoms with van der Waals surface area (Å²) in [6.45, 7) is 1.63. The lowest BCUT2D eigenvalue weighted by Crippen LogP contribution is -2.06. The number of alkyl halides is 3. The van der Waals surface area contributed by atoms with Gasteiger partial charge in [-0.15, -0.1) is 11.3 Å². The number of carboxylic acid groups (broad SMARTS) is 1. The van der Waals surface area contributed by atoms with E-state index in [4.69, 9.17) is 9.57 Å². The first-order valence-electron chi connectivity index (χ1n) is 9.01. The number of hydrogen-bond donors (Lipinski definition) is 1. The van der Waals surface area contributed by atoms with E-state index in [1.54, 1.807) is 18.4 Å². The van der Waals surface area contributed by atoms with Gasteiger partial charge in [-0.1, -0.05) is 23.4 Å². The Hall–Kier alpha value is -3.33. The molecule has 0 spiro atoms. The molecule has 0 aliphatic carbocycles. The number of fused-ring (bicyclic) bond motifs is 1. The summed E-state index contributed by atoms with van der Waals surface area (Å²) in [5.41, 5.74) is 1.15. The first-order valence-corrected chi connectivity index (χ1v) is 9.89. The van der Waals surface area contributed by atoms with Gasteiger partial charge in [0.05, 0.1) is 24.6 Å². The number of methoxy groups -OCH3 is 1. The zero-order chi connectivity index (χ0) is 22.6. The van der Waals surface area contributed by atoms with E-state index in [2.05, 4.69) is 5.16 Å². The third-order valence-corrected chi connectivity index (χ3v) is 5.40. The summed E-state index contributed by atoms with van der Waals surface area (Å²) in [6.07, 6.45) is -3.26. The summed E-state index contributed by atoms with van der Waals surface area (Å²) >= 11 is 1.40. The van der Waals surface area contributed by atoms with Crippen molar-refractivity contribution in [3.8, 4) is 0 Å². The fourth-order valence-corrected chi connectivity index (χ4v) is 3.84. The van der Waals surface area contributed by atoms with Gasteiger partial charge in [0.15, 0.2) is 0 Å². The van der Waals surface area contributed by atoms with Crippen molar-refractivity contribution < 1.29 is 32.6 Å². The Morgan fingerprint density at radius 2 is 2.00 bits per heavy atom. The van der Waals surface area contributed by atoms with Gasteiger partial charge in [0, 0.05) is 21.0 Å².